The minimum atomic E-state index is -1.44. The van der Waals surface area contributed by atoms with Crippen LogP contribution in [-0.2, 0) is 31.1 Å². The van der Waals surface area contributed by atoms with Gasteiger partial charge in [0.1, 0.15) is 5.54 Å². The van der Waals surface area contributed by atoms with Crippen LogP contribution in [0.2, 0.25) is 5.02 Å². The van der Waals surface area contributed by atoms with Gasteiger partial charge in [-0.05, 0) is 49.1 Å². The summed E-state index contributed by atoms with van der Waals surface area (Å²) in [6.45, 7) is 3.81. The van der Waals surface area contributed by atoms with Gasteiger partial charge in [-0.2, -0.15) is 0 Å². The van der Waals surface area contributed by atoms with E-state index in [1.807, 2.05) is 19.1 Å². The van der Waals surface area contributed by atoms with Gasteiger partial charge in [0.15, 0.2) is 0 Å². The number of nitrogens with two attached hydrogens (primary N) is 1. The molecule has 34 heavy (non-hydrogen) atoms. The van der Waals surface area contributed by atoms with E-state index in [0.29, 0.717) is 27.5 Å². The van der Waals surface area contributed by atoms with Crippen LogP contribution in [-0.4, -0.2) is 29.7 Å². The number of carbonyl (C=O) groups excluding carboxylic acids is 4. The molecule has 4 amide bonds. The van der Waals surface area contributed by atoms with Gasteiger partial charge < -0.3 is 11.1 Å². The maximum absolute atomic E-state index is 13.9. The number of hydrogen-bond acceptors (Lipinski definition) is 5. The molecule has 3 heterocycles. The molecule has 4 N–H and O–H groups in total. The summed E-state index contributed by atoms with van der Waals surface area (Å²) in [6.07, 6.45) is 1.08. The van der Waals surface area contributed by atoms with Crippen LogP contribution in [0.1, 0.15) is 36.5 Å². The first kappa shape index (κ1) is 22.6. The summed E-state index contributed by atoms with van der Waals surface area (Å²) in [5.41, 5.74) is 7.30. The van der Waals surface area contributed by atoms with Crippen molar-refractivity contribution in [3.05, 3.63) is 58.1 Å². The molecule has 0 unspecified atom stereocenters. The van der Waals surface area contributed by atoms with E-state index >= 15 is 0 Å². The molecule has 2 fully saturated rings. The van der Waals surface area contributed by atoms with Crippen molar-refractivity contribution in [3.8, 4) is 0 Å². The van der Waals surface area contributed by atoms with Gasteiger partial charge in [0, 0.05) is 23.0 Å². The zero-order valence-corrected chi connectivity index (χ0v) is 19.6. The lowest BCUT2D eigenvalue weighted by Crippen LogP contribution is -2.53. The molecule has 0 bridgehead atoms. The number of aryl methyl sites for hydroxylation is 1. The Morgan fingerprint density at radius 3 is 2.47 bits per heavy atom. The predicted octanol–water partition coefficient (Wildman–Crippen LogP) is 2.40. The van der Waals surface area contributed by atoms with Gasteiger partial charge in [0.25, 0.3) is 0 Å². The van der Waals surface area contributed by atoms with Crippen LogP contribution in [0, 0.1) is 18.8 Å². The van der Waals surface area contributed by atoms with Gasteiger partial charge in [-0.15, -0.1) is 0 Å². The van der Waals surface area contributed by atoms with Crippen LogP contribution in [0.4, 0.5) is 11.4 Å². The number of rotatable bonds is 5. The fourth-order valence-electron chi connectivity index (χ4n) is 5.67. The molecule has 0 saturated carbocycles. The highest BCUT2D eigenvalue weighted by atomic mass is 35.5. The summed E-state index contributed by atoms with van der Waals surface area (Å²) >= 11 is 6.29. The lowest BCUT2D eigenvalue weighted by atomic mass is 9.76. The van der Waals surface area contributed by atoms with Gasteiger partial charge in [-0.1, -0.05) is 36.7 Å². The minimum absolute atomic E-state index is 0.0256. The van der Waals surface area contributed by atoms with Gasteiger partial charge in [0.2, 0.25) is 23.6 Å². The third-order valence-electron chi connectivity index (χ3n) is 7.39. The van der Waals surface area contributed by atoms with Crippen LogP contribution < -0.4 is 21.3 Å². The molecule has 176 valence electrons. The molecule has 0 radical (unpaired) electrons. The van der Waals surface area contributed by atoms with E-state index in [1.165, 1.54) is 4.90 Å². The van der Waals surface area contributed by atoms with E-state index in [4.69, 9.17) is 17.3 Å². The monoisotopic (exact) mass is 480 g/mol. The summed E-state index contributed by atoms with van der Waals surface area (Å²) in [5, 5.41) is 6.67. The number of hydrogen-bond donors (Lipinski definition) is 3. The van der Waals surface area contributed by atoms with Gasteiger partial charge in [-0.25, -0.2) is 4.90 Å². The topological polar surface area (TPSA) is 122 Å². The van der Waals surface area contributed by atoms with Crippen LogP contribution in [0.25, 0.3) is 0 Å². The lowest BCUT2D eigenvalue weighted by Gasteiger charge is -2.29. The Morgan fingerprint density at radius 2 is 1.82 bits per heavy atom. The van der Waals surface area contributed by atoms with Crippen molar-refractivity contribution < 1.29 is 19.2 Å². The number of benzene rings is 2. The minimum Gasteiger partial charge on any atom is -0.370 e. The molecule has 2 aromatic rings. The normalized spacial score (nSPS) is 27.3. The zero-order valence-electron chi connectivity index (χ0n) is 18.9. The number of amides is 4. The van der Waals surface area contributed by atoms with Crippen molar-refractivity contribution in [2.45, 2.75) is 44.7 Å². The Bertz CT molecular complexity index is 1240. The third kappa shape index (κ3) is 3.02. The maximum atomic E-state index is 13.9. The van der Waals surface area contributed by atoms with Crippen LogP contribution in [0.15, 0.2) is 36.4 Å². The molecule has 9 heteroatoms. The number of nitrogens with one attached hydrogen (secondary N) is 2. The van der Waals surface area contributed by atoms with Gasteiger partial charge in [0.05, 0.1) is 23.2 Å². The largest absolute Gasteiger partial charge is 0.370 e. The smallest absolute Gasteiger partial charge is 0.250 e. The Labute approximate surface area is 201 Å². The Balaban J connectivity index is 1.64. The SMILES string of the molecule is CCc1ccc(N2C(=O)[C@H]3[C@@H](C2=O)[C@]2(N[C@@H]3CCC(N)=O)C(=O)Nc3c2ccc(Cl)c3C)cc1. The third-order valence-corrected chi connectivity index (χ3v) is 7.80. The molecular weight excluding hydrogens is 456 g/mol. The molecule has 0 aliphatic carbocycles. The molecule has 3 aliphatic rings. The van der Waals surface area contributed by atoms with E-state index in [0.717, 1.165) is 12.0 Å². The number of fused-ring (bicyclic) bond motifs is 4. The average Bonchev–Trinajstić information content (AvgIpc) is 3.40. The molecule has 1 spiro atoms. The number of primary amides is 1. The van der Waals surface area contributed by atoms with E-state index in [1.54, 1.807) is 31.2 Å². The van der Waals surface area contributed by atoms with Crippen molar-refractivity contribution in [2.75, 3.05) is 10.2 Å². The second kappa shape index (κ2) is 7.92. The van der Waals surface area contributed by atoms with E-state index in [2.05, 4.69) is 10.6 Å². The Kier molecular flexibility index (Phi) is 5.26. The highest BCUT2D eigenvalue weighted by Crippen LogP contribution is 2.55. The number of nitrogens with zero attached hydrogens (tertiary/aromatic N) is 1. The maximum Gasteiger partial charge on any atom is 0.250 e. The van der Waals surface area contributed by atoms with Gasteiger partial charge in [-0.3, -0.25) is 24.5 Å². The summed E-state index contributed by atoms with van der Waals surface area (Å²) < 4.78 is 0. The van der Waals surface area contributed by atoms with Crippen molar-refractivity contribution in [3.63, 3.8) is 0 Å². The fourth-order valence-corrected chi connectivity index (χ4v) is 5.83. The molecule has 2 saturated heterocycles. The average molecular weight is 481 g/mol. The highest BCUT2D eigenvalue weighted by Gasteiger charge is 2.70. The van der Waals surface area contributed by atoms with Crippen molar-refractivity contribution >= 4 is 46.6 Å². The number of anilines is 2. The van der Waals surface area contributed by atoms with E-state index in [9.17, 15) is 19.2 Å². The highest BCUT2D eigenvalue weighted by molar-refractivity contribution is 6.32. The lowest BCUT2D eigenvalue weighted by molar-refractivity contribution is -0.130. The first-order valence-electron chi connectivity index (χ1n) is 11.3. The van der Waals surface area contributed by atoms with Crippen LogP contribution >= 0.6 is 11.6 Å². The standard InChI is InChI=1S/C25H25ClN4O4/c1-3-13-4-6-14(7-5-13)30-22(32)19-17(10-11-18(27)31)29-25(20(19)23(30)33)15-8-9-16(26)12(2)21(15)28-24(25)34/h4-9,17,19-20,29H,3,10-11H2,1-2H3,(H2,27,31)(H,28,34)/t17-,19-,20+,25+/m1/s1. The van der Waals surface area contributed by atoms with Crippen LogP contribution in [0.5, 0.6) is 0 Å². The second-order valence-corrected chi connectivity index (χ2v) is 9.56. The van der Waals surface area contributed by atoms with Crippen molar-refractivity contribution in [1.82, 2.24) is 5.32 Å². The first-order chi connectivity index (χ1) is 16.2. The molecule has 2 aromatic carbocycles. The van der Waals surface area contributed by atoms with E-state index < -0.39 is 41.1 Å². The molecule has 4 atom stereocenters. The zero-order chi connectivity index (χ0) is 24.4. The summed E-state index contributed by atoms with van der Waals surface area (Å²) in [7, 11) is 0. The number of halogens is 1. The number of carbonyl (C=O) groups is 4. The van der Waals surface area contributed by atoms with Crippen LogP contribution in [0.3, 0.4) is 0 Å². The quantitative estimate of drug-likeness (QED) is 0.567. The Morgan fingerprint density at radius 1 is 1.12 bits per heavy atom. The van der Waals surface area contributed by atoms with Crippen molar-refractivity contribution in [2.24, 2.45) is 17.6 Å². The van der Waals surface area contributed by atoms with Crippen molar-refractivity contribution in [1.29, 1.82) is 0 Å². The molecule has 0 aromatic heterocycles. The van der Waals surface area contributed by atoms with E-state index in [-0.39, 0.29) is 18.7 Å². The molecule has 8 nitrogen and oxygen atoms in total. The number of imide groups is 1. The summed E-state index contributed by atoms with van der Waals surface area (Å²) in [6, 6.07) is 10.1. The summed E-state index contributed by atoms with van der Waals surface area (Å²) in [4.78, 5) is 53.8. The summed E-state index contributed by atoms with van der Waals surface area (Å²) in [5.74, 6) is -3.53. The molecule has 5 rings (SSSR count). The predicted molar refractivity (Wildman–Crippen MR) is 127 cm³/mol. The molecular formula is C25H25ClN4O4. The fraction of sp³-hybridized carbons (Fsp3) is 0.360. The van der Waals surface area contributed by atoms with Gasteiger partial charge >= 0.3 is 0 Å². The second-order valence-electron chi connectivity index (χ2n) is 9.15. The molecule has 3 aliphatic heterocycles. The Hall–Kier alpha value is -3.23. The first-order valence-corrected chi connectivity index (χ1v) is 11.7.